The van der Waals surface area contributed by atoms with Gasteiger partial charge in [-0.2, -0.15) is 5.10 Å². The second-order valence-corrected chi connectivity index (χ2v) is 4.71. The molecular weight excluding hydrogens is 309 g/mol. The average Bonchev–Trinajstić information content (AvgIpc) is 2.70. The smallest absolute Gasteiger partial charge is 0.339 e. The second-order valence-electron chi connectivity index (χ2n) is 3.89. The van der Waals surface area contributed by atoms with Crippen LogP contribution in [-0.4, -0.2) is 25.8 Å². The molecule has 0 aliphatic heterocycles. The van der Waals surface area contributed by atoms with Crippen molar-refractivity contribution in [3.8, 4) is 5.69 Å². The van der Waals surface area contributed by atoms with Crippen LogP contribution in [0, 0.1) is 17.0 Å². The minimum Gasteiger partial charge on any atom is -0.478 e. The summed E-state index contributed by atoms with van der Waals surface area (Å²) in [4.78, 5) is 21.0. The molecule has 0 radical (unpaired) electrons. The van der Waals surface area contributed by atoms with E-state index >= 15 is 0 Å². The first-order chi connectivity index (χ1) is 9.31. The van der Waals surface area contributed by atoms with Crippen molar-refractivity contribution in [3.05, 3.63) is 49.7 Å². The van der Waals surface area contributed by atoms with Crippen molar-refractivity contribution >= 4 is 34.9 Å². The van der Waals surface area contributed by atoms with E-state index in [0.29, 0.717) is 0 Å². The van der Waals surface area contributed by atoms with Crippen LogP contribution in [0.15, 0.2) is 18.3 Å². The third-order valence-corrected chi connectivity index (χ3v) is 3.15. The number of hydrogen-bond acceptors (Lipinski definition) is 4. The maximum absolute atomic E-state index is 11.0. The molecule has 9 heteroatoms. The highest BCUT2D eigenvalue weighted by Crippen LogP contribution is 2.33. The van der Waals surface area contributed by atoms with Crippen molar-refractivity contribution < 1.29 is 14.8 Å². The van der Waals surface area contributed by atoms with E-state index < -0.39 is 10.9 Å². The zero-order valence-electron chi connectivity index (χ0n) is 10.0. The lowest BCUT2D eigenvalue weighted by Crippen LogP contribution is -1.99. The number of aryl methyl sites for hydroxylation is 1. The summed E-state index contributed by atoms with van der Waals surface area (Å²) in [5.74, 6) is -1.14. The number of nitro groups is 1. The Morgan fingerprint density at radius 2 is 1.95 bits per heavy atom. The monoisotopic (exact) mass is 315 g/mol. The number of nitrogens with zero attached hydrogens (tertiary/aromatic N) is 3. The zero-order valence-corrected chi connectivity index (χ0v) is 11.5. The molecule has 0 bridgehead atoms. The van der Waals surface area contributed by atoms with Crippen LogP contribution in [0.2, 0.25) is 10.0 Å². The molecule has 0 fully saturated rings. The third kappa shape index (κ3) is 2.45. The quantitative estimate of drug-likeness (QED) is 0.693. The van der Waals surface area contributed by atoms with Crippen molar-refractivity contribution in [2.45, 2.75) is 6.92 Å². The van der Waals surface area contributed by atoms with E-state index in [-0.39, 0.29) is 32.7 Å². The lowest BCUT2D eigenvalue weighted by atomic mass is 10.2. The predicted octanol–water partition coefficient (Wildman–Crippen LogP) is 3.09. The first-order valence-electron chi connectivity index (χ1n) is 5.24. The van der Waals surface area contributed by atoms with Crippen molar-refractivity contribution in [1.29, 1.82) is 0 Å². The summed E-state index contributed by atoms with van der Waals surface area (Å²) >= 11 is 11.9. The number of non-ortho nitro benzene ring substituents is 1. The number of carboxylic acids is 1. The number of aromatic carboxylic acids is 1. The summed E-state index contributed by atoms with van der Waals surface area (Å²) in [5.41, 5.74) is 0.207. The molecule has 20 heavy (non-hydrogen) atoms. The van der Waals surface area contributed by atoms with Crippen LogP contribution in [0.25, 0.3) is 5.69 Å². The first-order valence-corrected chi connectivity index (χ1v) is 6.00. The van der Waals surface area contributed by atoms with E-state index in [1.165, 1.54) is 17.8 Å². The molecule has 0 atom stereocenters. The molecule has 1 N–H and O–H groups in total. The number of carboxylic acid groups (broad SMARTS) is 1. The number of halogens is 2. The molecule has 1 aromatic heterocycles. The summed E-state index contributed by atoms with van der Waals surface area (Å²) < 4.78 is 1.19. The number of hydrogen-bond donors (Lipinski definition) is 1. The maximum atomic E-state index is 11.0. The molecule has 1 heterocycles. The minimum absolute atomic E-state index is 0.00337. The van der Waals surface area contributed by atoms with E-state index in [2.05, 4.69) is 5.10 Å². The lowest BCUT2D eigenvalue weighted by Gasteiger charge is -2.06. The Morgan fingerprint density at radius 1 is 1.40 bits per heavy atom. The molecular formula is C11H7Cl2N3O4. The molecule has 0 unspecified atom stereocenters. The van der Waals surface area contributed by atoms with Crippen LogP contribution in [-0.2, 0) is 0 Å². The van der Waals surface area contributed by atoms with Crippen LogP contribution in [0.4, 0.5) is 5.69 Å². The number of nitro benzene ring substituents is 1. The van der Waals surface area contributed by atoms with Crippen molar-refractivity contribution in [2.75, 3.05) is 0 Å². The largest absolute Gasteiger partial charge is 0.478 e. The first kappa shape index (κ1) is 14.3. The number of carbonyl (C=O) groups is 1. The van der Waals surface area contributed by atoms with Gasteiger partial charge >= 0.3 is 5.97 Å². The normalized spacial score (nSPS) is 10.6. The van der Waals surface area contributed by atoms with Gasteiger partial charge in [-0.25, -0.2) is 9.48 Å². The summed E-state index contributed by atoms with van der Waals surface area (Å²) in [6, 6.07) is 2.25. The van der Waals surface area contributed by atoms with E-state index in [9.17, 15) is 14.9 Å². The van der Waals surface area contributed by atoms with Gasteiger partial charge in [0.1, 0.15) is 11.3 Å². The molecule has 0 aliphatic carbocycles. The Kier molecular flexibility index (Phi) is 3.65. The molecule has 0 spiro atoms. The third-order valence-electron chi connectivity index (χ3n) is 2.57. The fraction of sp³-hybridized carbons (Fsp3) is 0.0909. The Balaban J connectivity index is 2.61. The van der Waals surface area contributed by atoms with Gasteiger partial charge in [0.05, 0.1) is 20.7 Å². The van der Waals surface area contributed by atoms with Crippen LogP contribution in [0.1, 0.15) is 16.1 Å². The summed E-state index contributed by atoms with van der Waals surface area (Å²) in [5, 5.41) is 23.7. The van der Waals surface area contributed by atoms with Crippen molar-refractivity contribution in [3.63, 3.8) is 0 Å². The molecule has 1 aromatic carbocycles. The zero-order chi connectivity index (χ0) is 15.0. The minimum atomic E-state index is -1.14. The van der Waals surface area contributed by atoms with Gasteiger partial charge in [-0.3, -0.25) is 10.1 Å². The van der Waals surface area contributed by atoms with Crippen molar-refractivity contribution in [2.24, 2.45) is 0 Å². The predicted molar refractivity (Wildman–Crippen MR) is 71.9 cm³/mol. The standard InChI is InChI=1S/C11H7Cl2N3O4/c1-5-7(11(17)18)4-15(14-5)10-8(12)2-6(16(19)20)3-9(10)13/h2-4H,1H3,(H,17,18). The highest BCUT2D eigenvalue weighted by Gasteiger charge is 2.19. The number of rotatable bonds is 3. The Bertz CT molecular complexity index is 703. The molecule has 104 valence electrons. The summed E-state index contributed by atoms with van der Waals surface area (Å²) in [6.45, 7) is 1.52. The van der Waals surface area contributed by atoms with E-state index in [0.717, 1.165) is 12.1 Å². The van der Waals surface area contributed by atoms with Gasteiger partial charge in [-0.05, 0) is 6.92 Å². The molecule has 0 aliphatic rings. The van der Waals surface area contributed by atoms with Crippen LogP contribution in [0.5, 0.6) is 0 Å². The Hall–Kier alpha value is -2.12. The van der Waals surface area contributed by atoms with E-state index in [1.54, 1.807) is 0 Å². The number of benzene rings is 1. The van der Waals surface area contributed by atoms with Gasteiger partial charge in [0.15, 0.2) is 0 Å². The summed E-state index contributed by atoms with van der Waals surface area (Å²) in [7, 11) is 0. The molecule has 0 amide bonds. The van der Waals surface area contributed by atoms with Gasteiger partial charge in [0.25, 0.3) is 5.69 Å². The van der Waals surface area contributed by atoms with E-state index in [1.807, 2.05) is 0 Å². The highest BCUT2D eigenvalue weighted by molar-refractivity contribution is 6.38. The summed E-state index contributed by atoms with van der Waals surface area (Å²) in [6.07, 6.45) is 1.25. The van der Waals surface area contributed by atoms with E-state index in [4.69, 9.17) is 28.3 Å². The fourth-order valence-electron chi connectivity index (χ4n) is 1.66. The van der Waals surface area contributed by atoms with Crippen LogP contribution < -0.4 is 0 Å². The van der Waals surface area contributed by atoms with Crippen LogP contribution in [0.3, 0.4) is 0 Å². The van der Waals surface area contributed by atoms with Gasteiger partial charge in [0.2, 0.25) is 0 Å². The fourth-order valence-corrected chi connectivity index (χ4v) is 2.31. The van der Waals surface area contributed by atoms with Crippen molar-refractivity contribution in [1.82, 2.24) is 9.78 Å². The van der Waals surface area contributed by atoms with Gasteiger partial charge in [0, 0.05) is 18.3 Å². The Labute approximate surface area is 122 Å². The van der Waals surface area contributed by atoms with Crippen LogP contribution >= 0.6 is 23.2 Å². The average molecular weight is 316 g/mol. The molecule has 7 nitrogen and oxygen atoms in total. The topological polar surface area (TPSA) is 98.3 Å². The second kappa shape index (κ2) is 5.10. The molecule has 0 saturated carbocycles. The van der Waals surface area contributed by atoms with Gasteiger partial charge in [-0.1, -0.05) is 23.2 Å². The molecule has 2 aromatic rings. The van der Waals surface area contributed by atoms with Gasteiger partial charge < -0.3 is 5.11 Å². The number of aromatic nitrogens is 2. The SMILES string of the molecule is Cc1nn(-c2c(Cl)cc([N+](=O)[O-])cc2Cl)cc1C(=O)O. The lowest BCUT2D eigenvalue weighted by molar-refractivity contribution is -0.384. The maximum Gasteiger partial charge on any atom is 0.339 e. The van der Waals surface area contributed by atoms with Gasteiger partial charge in [-0.15, -0.1) is 0 Å². The molecule has 2 rings (SSSR count). The highest BCUT2D eigenvalue weighted by atomic mass is 35.5. The Morgan fingerprint density at radius 3 is 2.35 bits per heavy atom. The molecule has 0 saturated heterocycles.